The maximum Gasteiger partial charge on any atom is 0.283 e. The Balaban J connectivity index is 1.88. The first-order valence-electron chi connectivity index (χ1n) is 7.26. The van der Waals surface area contributed by atoms with Crippen molar-refractivity contribution in [1.82, 2.24) is 4.98 Å². The largest absolute Gasteiger partial charge is 0.494 e. The van der Waals surface area contributed by atoms with Crippen LogP contribution in [0.25, 0.3) is 10.2 Å². The number of halogens is 1. The lowest BCUT2D eigenvalue weighted by Crippen LogP contribution is -2.13. The molecule has 0 radical (unpaired) electrons. The van der Waals surface area contributed by atoms with E-state index in [2.05, 4.69) is 26.2 Å². The zero-order valence-corrected chi connectivity index (χ0v) is 15.4. The van der Waals surface area contributed by atoms with Gasteiger partial charge in [-0.05, 0) is 37.3 Å². The minimum atomic E-state index is -0.591. The van der Waals surface area contributed by atoms with Crippen LogP contribution in [0, 0.1) is 10.1 Å². The highest BCUT2D eigenvalue weighted by atomic mass is 79.9. The average Bonchev–Trinajstić information content (AvgIpc) is 2.96. The molecule has 2 aromatic carbocycles. The number of rotatable bonds is 5. The molecule has 0 aliphatic rings. The van der Waals surface area contributed by atoms with Gasteiger partial charge in [-0.15, -0.1) is 0 Å². The predicted molar refractivity (Wildman–Crippen MR) is 99.5 cm³/mol. The van der Waals surface area contributed by atoms with Crippen molar-refractivity contribution in [2.24, 2.45) is 0 Å². The Hall–Kier alpha value is -2.52. The molecule has 128 valence electrons. The lowest BCUT2D eigenvalue weighted by molar-refractivity contribution is -0.385. The summed E-state index contributed by atoms with van der Waals surface area (Å²) in [6.45, 7) is 2.45. The number of nitrogens with zero attached hydrogens (tertiary/aromatic N) is 2. The molecular formula is C16H12BrN3O4S. The van der Waals surface area contributed by atoms with E-state index in [1.807, 2.05) is 13.0 Å². The molecule has 1 N–H and O–H groups in total. The summed E-state index contributed by atoms with van der Waals surface area (Å²) in [5.41, 5.74) is 0.420. The third kappa shape index (κ3) is 3.77. The van der Waals surface area contributed by atoms with Gasteiger partial charge in [-0.25, -0.2) is 4.98 Å². The first-order chi connectivity index (χ1) is 12.0. The molecule has 0 unspecified atom stereocenters. The Bertz CT molecular complexity index is 973. The second-order valence-electron chi connectivity index (χ2n) is 4.95. The zero-order chi connectivity index (χ0) is 18.0. The molecule has 25 heavy (non-hydrogen) atoms. The van der Waals surface area contributed by atoms with E-state index in [4.69, 9.17) is 4.74 Å². The summed E-state index contributed by atoms with van der Waals surface area (Å²) in [5.74, 6) is 0.142. The van der Waals surface area contributed by atoms with Crippen molar-refractivity contribution in [3.63, 3.8) is 0 Å². The number of carbonyl (C=O) groups excluding carboxylic acids is 1. The van der Waals surface area contributed by atoms with Crippen LogP contribution >= 0.6 is 27.3 Å². The number of hydrogen-bond acceptors (Lipinski definition) is 6. The molecule has 0 atom stereocenters. The van der Waals surface area contributed by atoms with E-state index in [0.29, 0.717) is 21.7 Å². The van der Waals surface area contributed by atoms with Crippen LogP contribution in [-0.2, 0) is 0 Å². The Labute approximate surface area is 154 Å². The molecule has 0 saturated heterocycles. The monoisotopic (exact) mass is 421 g/mol. The Kier molecular flexibility index (Phi) is 4.95. The van der Waals surface area contributed by atoms with Gasteiger partial charge in [-0.3, -0.25) is 20.2 Å². The SMILES string of the molecule is CCOc1ccc2nc(NC(=O)c3ccc(Br)cc3[N+](=O)[O-])sc2c1. The lowest BCUT2D eigenvalue weighted by Gasteiger charge is -2.03. The van der Waals surface area contributed by atoms with Gasteiger partial charge in [0.1, 0.15) is 11.3 Å². The normalized spacial score (nSPS) is 10.6. The molecule has 0 aliphatic carbocycles. The van der Waals surface area contributed by atoms with Gasteiger partial charge in [-0.1, -0.05) is 27.3 Å². The second kappa shape index (κ2) is 7.16. The average molecular weight is 422 g/mol. The molecule has 3 aromatic rings. The second-order valence-corrected chi connectivity index (χ2v) is 6.90. The molecule has 1 heterocycles. The van der Waals surface area contributed by atoms with Gasteiger partial charge >= 0.3 is 0 Å². The number of thiazole rings is 1. The fourth-order valence-corrected chi connectivity index (χ4v) is 3.47. The molecule has 0 aliphatic heterocycles. The van der Waals surface area contributed by atoms with Gasteiger partial charge in [-0.2, -0.15) is 0 Å². The van der Waals surface area contributed by atoms with Gasteiger partial charge < -0.3 is 4.74 Å². The third-order valence-corrected chi connectivity index (χ3v) is 4.72. The lowest BCUT2D eigenvalue weighted by atomic mass is 10.1. The number of nitro benzene ring substituents is 1. The fraction of sp³-hybridized carbons (Fsp3) is 0.125. The number of carbonyl (C=O) groups is 1. The molecule has 0 saturated carbocycles. The molecule has 0 spiro atoms. The van der Waals surface area contributed by atoms with Crippen LogP contribution in [0.4, 0.5) is 10.8 Å². The van der Waals surface area contributed by atoms with E-state index in [-0.39, 0.29) is 11.3 Å². The topological polar surface area (TPSA) is 94.4 Å². The van der Waals surface area contributed by atoms with E-state index in [1.54, 1.807) is 18.2 Å². The molecule has 1 amide bonds. The zero-order valence-electron chi connectivity index (χ0n) is 13.0. The molecule has 9 heteroatoms. The maximum absolute atomic E-state index is 12.4. The quantitative estimate of drug-likeness (QED) is 0.478. The van der Waals surface area contributed by atoms with Crippen LogP contribution in [0.3, 0.4) is 0 Å². The van der Waals surface area contributed by atoms with Crippen LogP contribution in [0.2, 0.25) is 0 Å². The van der Waals surface area contributed by atoms with Gasteiger partial charge in [0.15, 0.2) is 5.13 Å². The molecule has 0 bridgehead atoms. The van der Waals surface area contributed by atoms with Crippen LogP contribution in [0.1, 0.15) is 17.3 Å². The molecule has 0 fully saturated rings. The number of amides is 1. The summed E-state index contributed by atoms with van der Waals surface area (Å²) >= 11 is 4.44. The van der Waals surface area contributed by atoms with Gasteiger partial charge in [0.05, 0.1) is 21.7 Å². The first kappa shape index (κ1) is 17.3. The Morgan fingerprint density at radius 3 is 2.88 bits per heavy atom. The van der Waals surface area contributed by atoms with Crippen molar-refractivity contribution in [2.75, 3.05) is 11.9 Å². The standard InChI is InChI=1S/C16H12BrN3O4S/c1-2-24-10-4-6-12-14(8-10)25-16(18-12)19-15(21)11-5-3-9(17)7-13(11)20(22)23/h3-8H,2H2,1H3,(H,18,19,21). The molecule has 7 nitrogen and oxygen atoms in total. The van der Waals surface area contributed by atoms with Crippen LogP contribution in [-0.4, -0.2) is 22.4 Å². The van der Waals surface area contributed by atoms with Crippen LogP contribution < -0.4 is 10.1 Å². The van der Waals surface area contributed by atoms with Gasteiger partial charge in [0.25, 0.3) is 11.6 Å². The van der Waals surface area contributed by atoms with Crippen LogP contribution in [0.15, 0.2) is 40.9 Å². The Morgan fingerprint density at radius 2 is 2.16 bits per heavy atom. The maximum atomic E-state index is 12.4. The van der Waals surface area contributed by atoms with E-state index < -0.39 is 10.8 Å². The first-order valence-corrected chi connectivity index (χ1v) is 8.87. The number of fused-ring (bicyclic) bond motifs is 1. The number of hydrogen-bond donors (Lipinski definition) is 1. The number of aromatic nitrogens is 1. The van der Waals surface area contributed by atoms with E-state index in [9.17, 15) is 14.9 Å². The Morgan fingerprint density at radius 1 is 1.36 bits per heavy atom. The molecule has 1 aromatic heterocycles. The highest BCUT2D eigenvalue weighted by Gasteiger charge is 2.21. The summed E-state index contributed by atoms with van der Waals surface area (Å²) in [7, 11) is 0. The van der Waals surface area contributed by atoms with E-state index >= 15 is 0 Å². The summed E-state index contributed by atoms with van der Waals surface area (Å²) in [6, 6.07) is 9.72. The number of nitrogens with one attached hydrogen (secondary N) is 1. The molecule has 3 rings (SSSR count). The number of benzene rings is 2. The summed E-state index contributed by atoms with van der Waals surface area (Å²) in [4.78, 5) is 27.3. The predicted octanol–water partition coefficient (Wildman–Crippen LogP) is 4.62. The highest BCUT2D eigenvalue weighted by molar-refractivity contribution is 9.10. The summed E-state index contributed by atoms with van der Waals surface area (Å²) in [5, 5.41) is 14.1. The number of anilines is 1. The van der Waals surface area contributed by atoms with Crippen LogP contribution in [0.5, 0.6) is 5.75 Å². The van der Waals surface area contributed by atoms with Crippen molar-refractivity contribution in [1.29, 1.82) is 0 Å². The van der Waals surface area contributed by atoms with Crippen molar-refractivity contribution in [3.05, 3.63) is 56.5 Å². The van der Waals surface area contributed by atoms with E-state index in [1.165, 1.54) is 23.5 Å². The number of nitro groups is 1. The molecular weight excluding hydrogens is 410 g/mol. The van der Waals surface area contributed by atoms with Crippen molar-refractivity contribution in [2.45, 2.75) is 6.92 Å². The van der Waals surface area contributed by atoms with Crippen molar-refractivity contribution < 1.29 is 14.5 Å². The smallest absolute Gasteiger partial charge is 0.283 e. The van der Waals surface area contributed by atoms with Crippen molar-refractivity contribution >= 4 is 54.2 Å². The van der Waals surface area contributed by atoms with Crippen molar-refractivity contribution in [3.8, 4) is 5.75 Å². The highest BCUT2D eigenvalue weighted by Crippen LogP contribution is 2.30. The minimum absolute atomic E-state index is 0.0255. The van der Waals surface area contributed by atoms with Gasteiger partial charge in [0, 0.05) is 10.5 Å². The summed E-state index contributed by atoms with van der Waals surface area (Å²) in [6.07, 6.45) is 0. The minimum Gasteiger partial charge on any atom is -0.494 e. The third-order valence-electron chi connectivity index (χ3n) is 3.29. The number of ether oxygens (including phenoxy) is 1. The van der Waals surface area contributed by atoms with E-state index in [0.717, 1.165) is 10.4 Å². The van der Waals surface area contributed by atoms with Gasteiger partial charge in [0.2, 0.25) is 0 Å². The fourth-order valence-electron chi connectivity index (χ4n) is 2.23. The summed E-state index contributed by atoms with van der Waals surface area (Å²) < 4.78 is 6.82.